The molecule has 116 valence electrons. The lowest BCUT2D eigenvalue weighted by molar-refractivity contribution is -0.130. The van der Waals surface area contributed by atoms with Crippen LogP contribution in [0.4, 0.5) is 0 Å². The van der Waals surface area contributed by atoms with Crippen molar-refractivity contribution in [3.05, 3.63) is 34.4 Å². The molecule has 1 aromatic rings. The monoisotopic (exact) mass is 289 g/mol. The quantitative estimate of drug-likeness (QED) is 0.889. The van der Waals surface area contributed by atoms with Crippen molar-refractivity contribution < 1.29 is 4.79 Å². The van der Waals surface area contributed by atoms with E-state index in [0.29, 0.717) is 0 Å². The molecule has 1 amide bonds. The van der Waals surface area contributed by atoms with E-state index in [1.165, 1.54) is 5.56 Å². The van der Waals surface area contributed by atoms with E-state index in [2.05, 4.69) is 43.1 Å². The standard InChI is InChI=1S/C17H27N3O/c1-12-10-13(2)15(14(3)11-12)17(4,16(18)21)20-8-5-6-19-7-9-20/h10-11,19H,5-9H2,1-4H3,(H2,18,21). The summed E-state index contributed by atoms with van der Waals surface area (Å²) < 4.78 is 0. The number of nitrogens with one attached hydrogen (secondary N) is 1. The maximum atomic E-state index is 12.4. The Bertz CT molecular complexity index is 510. The first kappa shape index (κ1) is 16.0. The fraction of sp³-hybridized carbons (Fsp3) is 0.588. The third kappa shape index (κ3) is 2.97. The Labute approximate surface area is 127 Å². The van der Waals surface area contributed by atoms with Gasteiger partial charge in [-0.05, 0) is 57.4 Å². The van der Waals surface area contributed by atoms with Crippen LogP contribution in [-0.2, 0) is 10.3 Å². The molecule has 1 aromatic carbocycles. The van der Waals surface area contributed by atoms with Crippen molar-refractivity contribution in [2.24, 2.45) is 5.73 Å². The highest BCUT2D eigenvalue weighted by molar-refractivity contribution is 5.86. The Kier molecular flexibility index (Phi) is 4.69. The van der Waals surface area contributed by atoms with E-state index in [-0.39, 0.29) is 5.91 Å². The van der Waals surface area contributed by atoms with Crippen molar-refractivity contribution in [3.8, 4) is 0 Å². The average molecular weight is 289 g/mol. The number of nitrogens with two attached hydrogens (primary N) is 1. The fourth-order valence-electron chi connectivity index (χ4n) is 3.68. The van der Waals surface area contributed by atoms with Gasteiger partial charge in [0.15, 0.2) is 0 Å². The molecule has 1 atom stereocenters. The molecule has 0 aromatic heterocycles. The predicted molar refractivity (Wildman–Crippen MR) is 86.3 cm³/mol. The number of rotatable bonds is 3. The van der Waals surface area contributed by atoms with Crippen LogP contribution in [0.5, 0.6) is 0 Å². The number of benzene rings is 1. The van der Waals surface area contributed by atoms with Crippen LogP contribution in [0.3, 0.4) is 0 Å². The summed E-state index contributed by atoms with van der Waals surface area (Å²) in [6.07, 6.45) is 1.03. The second kappa shape index (κ2) is 6.16. The summed E-state index contributed by atoms with van der Waals surface area (Å²) in [6, 6.07) is 4.28. The largest absolute Gasteiger partial charge is 0.368 e. The average Bonchev–Trinajstić information content (AvgIpc) is 2.65. The predicted octanol–water partition coefficient (Wildman–Crippen LogP) is 1.61. The minimum atomic E-state index is -0.742. The summed E-state index contributed by atoms with van der Waals surface area (Å²) >= 11 is 0. The maximum absolute atomic E-state index is 12.4. The van der Waals surface area contributed by atoms with Gasteiger partial charge in [0.05, 0.1) is 0 Å². The van der Waals surface area contributed by atoms with E-state index in [4.69, 9.17) is 5.73 Å². The van der Waals surface area contributed by atoms with Crippen molar-refractivity contribution in [1.82, 2.24) is 10.2 Å². The fourth-order valence-corrected chi connectivity index (χ4v) is 3.68. The molecule has 21 heavy (non-hydrogen) atoms. The molecule has 1 fully saturated rings. The van der Waals surface area contributed by atoms with Gasteiger partial charge in [-0.2, -0.15) is 0 Å². The van der Waals surface area contributed by atoms with E-state index in [1.54, 1.807) is 0 Å². The number of hydrogen-bond donors (Lipinski definition) is 2. The van der Waals surface area contributed by atoms with Crippen molar-refractivity contribution in [1.29, 1.82) is 0 Å². The summed E-state index contributed by atoms with van der Waals surface area (Å²) in [4.78, 5) is 14.6. The molecule has 1 unspecified atom stereocenters. The molecule has 2 rings (SSSR count). The van der Waals surface area contributed by atoms with E-state index in [0.717, 1.165) is 49.3 Å². The summed E-state index contributed by atoms with van der Waals surface area (Å²) in [5, 5.41) is 3.38. The van der Waals surface area contributed by atoms with Crippen LogP contribution in [0, 0.1) is 20.8 Å². The van der Waals surface area contributed by atoms with E-state index >= 15 is 0 Å². The molecule has 1 aliphatic heterocycles. The molecular formula is C17H27N3O. The van der Waals surface area contributed by atoms with E-state index in [9.17, 15) is 4.79 Å². The molecule has 4 heteroatoms. The Morgan fingerprint density at radius 3 is 2.38 bits per heavy atom. The molecule has 0 radical (unpaired) electrons. The van der Waals surface area contributed by atoms with Gasteiger partial charge in [0.2, 0.25) is 5.91 Å². The lowest BCUT2D eigenvalue weighted by atomic mass is 9.82. The van der Waals surface area contributed by atoms with Gasteiger partial charge in [0, 0.05) is 19.6 Å². The van der Waals surface area contributed by atoms with Gasteiger partial charge < -0.3 is 11.1 Å². The van der Waals surface area contributed by atoms with Gasteiger partial charge >= 0.3 is 0 Å². The zero-order valence-electron chi connectivity index (χ0n) is 13.6. The number of hydrogen-bond acceptors (Lipinski definition) is 3. The Balaban J connectivity index is 2.54. The Morgan fingerprint density at radius 1 is 1.19 bits per heavy atom. The number of nitrogens with zero attached hydrogens (tertiary/aromatic N) is 1. The Hall–Kier alpha value is -1.39. The van der Waals surface area contributed by atoms with Crippen molar-refractivity contribution in [2.45, 2.75) is 39.7 Å². The molecule has 3 N–H and O–H groups in total. The molecule has 0 aliphatic carbocycles. The van der Waals surface area contributed by atoms with Crippen LogP contribution >= 0.6 is 0 Å². The molecule has 0 bridgehead atoms. The summed E-state index contributed by atoms with van der Waals surface area (Å²) in [5.41, 5.74) is 9.70. The first-order valence-electron chi connectivity index (χ1n) is 7.71. The SMILES string of the molecule is Cc1cc(C)c(C(C)(C(N)=O)N2CCCNCC2)c(C)c1. The summed E-state index contributed by atoms with van der Waals surface area (Å²) in [7, 11) is 0. The van der Waals surface area contributed by atoms with Gasteiger partial charge in [0.25, 0.3) is 0 Å². The van der Waals surface area contributed by atoms with Gasteiger partial charge in [-0.15, -0.1) is 0 Å². The van der Waals surface area contributed by atoms with Crippen molar-refractivity contribution >= 4 is 5.91 Å². The highest BCUT2D eigenvalue weighted by Gasteiger charge is 2.41. The second-order valence-electron chi connectivity index (χ2n) is 6.30. The first-order chi connectivity index (χ1) is 9.87. The summed E-state index contributed by atoms with van der Waals surface area (Å²) in [6.45, 7) is 11.8. The van der Waals surface area contributed by atoms with Crippen LogP contribution in [0.1, 0.15) is 35.6 Å². The van der Waals surface area contributed by atoms with E-state index < -0.39 is 5.54 Å². The van der Waals surface area contributed by atoms with Crippen LogP contribution in [0.15, 0.2) is 12.1 Å². The Morgan fingerprint density at radius 2 is 1.81 bits per heavy atom. The minimum Gasteiger partial charge on any atom is -0.368 e. The van der Waals surface area contributed by atoms with Crippen molar-refractivity contribution in [2.75, 3.05) is 26.2 Å². The van der Waals surface area contributed by atoms with E-state index in [1.807, 2.05) is 6.92 Å². The zero-order valence-corrected chi connectivity index (χ0v) is 13.6. The molecule has 0 spiro atoms. The van der Waals surface area contributed by atoms with Crippen LogP contribution in [-0.4, -0.2) is 37.0 Å². The summed E-state index contributed by atoms with van der Waals surface area (Å²) in [5.74, 6) is -0.264. The number of aryl methyl sites for hydroxylation is 3. The highest BCUT2D eigenvalue weighted by Crippen LogP contribution is 2.34. The van der Waals surface area contributed by atoms with Gasteiger partial charge in [-0.25, -0.2) is 0 Å². The minimum absolute atomic E-state index is 0.264. The molecule has 4 nitrogen and oxygen atoms in total. The van der Waals surface area contributed by atoms with Gasteiger partial charge in [0.1, 0.15) is 5.54 Å². The second-order valence-corrected chi connectivity index (χ2v) is 6.30. The van der Waals surface area contributed by atoms with Crippen LogP contribution in [0.25, 0.3) is 0 Å². The lowest BCUT2D eigenvalue weighted by Gasteiger charge is -2.40. The number of carbonyl (C=O) groups is 1. The molecule has 1 aliphatic rings. The molecule has 1 saturated heterocycles. The third-order valence-corrected chi connectivity index (χ3v) is 4.62. The topological polar surface area (TPSA) is 58.4 Å². The number of primary amides is 1. The van der Waals surface area contributed by atoms with Crippen LogP contribution in [0.2, 0.25) is 0 Å². The number of carbonyl (C=O) groups excluding carboxylic acids is 1. The smallest absolute Gasteiger partial charge is 0.242 e. The highest BCUT2D eigenvalue weighted by atomic mass is 16.1. The first-order valence-corrected chi connectivity index (χ1v) is 7.71. The zero-order chi connectivity index (χ0) is 15.6. The molecule has 1 heterocycles. The third-order valence-electron chi connectivity index (χ3n) is 4.62. The number of amides is 1. The van der Waals surface area contributed by atoms with Gasteiger partial charge in [-0.3, -0.25) is 9.69 Å². The van der Waals surface area contributed by atoms with Gasteiger partial charge in [-0.1, -0.05) is 17.7 Å². The van der Waals surface area contributed by atoms with Crippen molar-refractivity contribution in [3.63, 3.8) is 0 Å². The maximum Gasteiger partial charge on any atom is 0.242 e. The molecular weight excluding hydrogens is 262 g/mol. The van der Waals surface area contributed by atoms with Crippen LogP contribution < -0.4 is 11.1 Å². The lowest BCUT2D eigenvalue weighted by Crippen LogP contribution is -2.54. The molecule has 0 saturated carbocycles. The normalized spacial score (nSPS) is 19.8.